The Hall–Kier alpha value is -2.73. The molecule has 1 saturated heterocycles. The third-order valence-electron chi connectivity index (χ3n) is 5.82. The Morgan fingerprint density at radius 3 is 2.42 bits per heavy atom. The highest BCUT2D eigenvalue weighted by Gasteiger charge is 2.33. The Bertz CT molecular complexity index is 1020. The van der Waals surface area contributed by atoms with Crippen molar-refractivity contribution in [3.8, 4) is 17.6 Å². The van der Waals surface area contributed by atoms with Gasteiger partial charge in [0.25, 0.3) is 0 Å². The first-order valence-electron chi connectivity index (χ1n) is 10.5. The summed E-state index contributed by atoms with van der Waals surface area (Å²) in [5.74, 6) is 0.595. The van der Waals surface area contributed by atoms with Gasteiger partial charge >= 0.3 is 5.97 Å². The van der Waals surface area contributed by atoms with Gasteiger partial charge in [0.1, 0.15) is 6.04 Å². The van der Waals surface area contributed by atoms with E-state index in [1.165, 1.54) is 0 Å². The minimum atomic E-state index is -0.754. The number of rotatable bonds is 8. The fraction of sp³-hybridized carbons (Fsp3) is 0.417. The Labute approximate surface area is 205 Å². The molecule has 0 bridgehead atoms. The molecule has 1 atom stereocenters. The van der Waals surface area contributed by atoms with Crippen molar-refractivity contribution in [2.24, 2.45) is 5.92 Å². The van der Waals surface area contributed by atoms with Gasteiger partial charge < -0.3 is 19.5 Å². The summed E-state index contributed by atoms with van der Waals surface area (Å²) in [6.45, 7) is 1.65. The number of carboxylic acid groups (broad SMARTS) is 1. The van der Waals surface area contributed by atoms with E-state index in [0.717, 1.165) is 41.4 Å². The standard InChI is InChI=1S/C24H29N3O4S.ClH/c1-26(2)23(24(28)29)16-9-11-27(12-10-16)22-8-6-19(32-22)13-18(15-25)17-5-7-20(30-3)21(14-17)31-4;/h5-8,13-14,16,23H,9-12H2,1-4H3,(H,28,29);1H/b18-13+;. The van der Waals surface area contributed by atoms with Crippen LogP contribution in [0.25, 0.3) is 11.6 Å². The fourth-order valence-electron chi connectivity index (χ4n) is 4.20. The Morgan fingerprint density at radius 1 is 1.21 bits per heavy atom. The fourth-order valence-corrected chi connectivity index (χ4v) is 5.20. The number of likely N-dealkylation sites (N-methyl/N-ethyl adjacent to an activating group) is 1. The number of nitrogens with zero attached hydrogens (tertiary/aromatic N) is 3. The molecule has 1 aromatic carbocycles. The molecule has 0 radical (unpaired) electrons. The molecule has 1 fully saturated rings. The van der Waals surface area contributed by atoms with Gasteiger partial charge in [-0.2, -0.15) is 5.26 Å². The van der Waals surface area contributed by atoms with Crippen LogP contribution in [0.4, 0.5) is 5.00 Å². The first-order valence-corrected chi connectivity index (χ1v) is 11.3. The van der Waals surface area contributed by atoms with Crippen molar-refractivity contribution >= 4 is 46.4 Å². The van der Waals surface area contributed by atoms with E-state index in [9.17, 15) is 15.2 Å². The molecule has 7 nitrogen and oxygen atoms in total. The van der Waals surface area contributed by atoms with Gasteiger partial charge in [-0.3, -0.25) is 9.69 Å². The van der Waals surface area contributed by atoms with Crippen molar-refractivity contribution in [1.82, 2.24) is 4.90 Å². The molecule has 1 aliphatic heterocycles. The largest absolute Gasteiger partial charge is 0.493 e. The predicted molar refractivity (Wildman–Crippen MR) is 135 cm³/mol. The number of piperidine rings is 1. The van der Waals surface area contributed by atoms with Crippen LogP contribution in [0.3, 0.4) is 0 Å². The van der Waals surface area contributed by atoms with Crippen LogP contribution in [0, 0.1) is 17.2 Å². The van der Waals surface area contributed by atoms with Gasteiger partial charge in [0, 0.05) is 18.0 Å². The number of hydrogen-bond acceptors (Lipinski definition) is 7. The quantitative estimate of drug-likeness (QED) is 0.544. The number of halogens is 1. The smallest absolute Gasteiger partial charge is 0.321 e. The molecule has 9 heteroatoms. The zero-order chi connectivity index (χ0) is 23.3. The summed E-state index contributed by atoms with van der Waals surface area (Å²) in [5, 5.41) is 20.4. The molecular weight excluding hydrogens is 462 g/mol. The maximum Gasteiger partial charge on any atom is 0.321 e. The van der Waals surface area contributed by atoms with Crippen molar-refractivity contribution < 1.29 is 19.4 Å². The van der Waals surface area contributed by atoms with Crippen LogP contribution in [0.15, 0.2) is 30.3 Å². The molecule has 178 valence electrons. The van der Waals surface area contributed by atoms with Gasteiger partial charge in [0.15, 0.2) is 11.5 Å². The minimum absolute atomic E-state index is 0. The SMILES string of the molecule is COc1ccc(/C(C#N)=C/c2ccc(N3CCC(C(C(=O)O)N(C)C)CC3)s2)cc1OC.Cl. The lowest BCUT2D eigenvalue weighted by Gasteiger charge is -2.37. The maximum absolute atomic E-state index is 11.6. The molecule has 2 aromatic rings. The first kappa shape index (κ1) is 26.5. The third kappa shape index (κ3) is 6.20. The average Bonchev–Trinajstić information content (AvgIpc) is 3.25. The summed E-state index contributed by atoms with van der Waals surface area (Å²) < 4.78 is 10.6. The number of aliphatic carboxylic acids is 1. The van der Waals surface area contributed by atoms with Gasteiger partial charge in [-0.25, -0.2) is 0 Å². The number of carbonyl (C=O) groups is 1. The number of ether oxygens (including phenoxy) is 2. The summed E-state index contributed by atoms with van der Waals surface area (Å²) >= 11 is 1.63. The van der Waals surface area contributed by atoms with Crippen molar-refractivity contribution in [1.29, 1.82) is 5.26 Å². The molecule has 0 spiro atoms. The van der Waals surface area contributed by atoms with Gasteiger partial charge in [0.2, 0.25) is 0 Å². The second-order valence-electron chi connectivity index (χ2n) is 7.99. The van der Waals surface area contributed by atoms with Crippen LogP contribution >= 0.6 is 23.7 Å². The molecule has 1 aliphatic rings. The van der Waals surface area contributed by atoms with Crippen molar-refractivity contribution in [3.05, 3.63) is 40.8 Å². The van der Waals surface area contributed by atoms with E-state index < -0.39 is 12.0 Å². The van der Waals surface area contributed by atoms with Gasteiger partial charge in [-0.1, -0.05) is 0 Å². The number of allylic oxidation sites excluding steroid dienone is 1. The van der Waals surface area contributed by atoms with Crippen LogP contribution in [-0.2, 0) is 4.79 Å². The third-order valence-corrected chi connectivity index (χ3v) is 6.91. The number of carboxylic acids is 1. The lowest BCUT2D eigenvalue weighted by Crippen LogP contribution is -2.46. The molecule has 33 heavy (non-hydrogen) atoms. The summed E-state index contributed by atoms with van der Waals surface area (Å²) in [6, 6.07) is 11.4. The second-order valence-corrected chi connectivity index (χ2v) is 9.08. The van der Waals surface area contributed by atoms with E-state index >= 15 is 0 Å². The number of nitriles is 1. The molecule has 1 aromatic heterocycles. The highest BCUT2D eigenvalue weighted by atomic mass is 35.5. The summed E-state index contributed by atoms with van der Waals surface area (Å²) in [5.41, 5.74) is 1.32. The minimum Gasteiger partial charge on any atom is -0.493 e. The topological polar surface area (TPSA) is 86.0 Å². The Balaban J connectivity index is 0.00000385. The van der Waals surface area contributed by atoms with E-state index in [1.807, 2.05) is 32.3 Å². The van der Waals surface area contributed by atoms with Gasteiger partial charge in [-0.15, -0.1) is 23.7 Å². The molecule has 0 amide bonds. The monoisotopic (exact) mass is 491 g/mol. The predicted octanol–water partition coefficient (Wildman–Crippen LogP) is 4.48. The van der Waals surface area contributed by atoms with E-state index in [1.54, 1.807) is 42.6 Å². The van der Waals surface area contributed by atoms with E-state index in [2.05, 4.69) is 17.0 Å². The first-order chi connectivity index (χ1) is 15.4. The summed E-state index contributed by atoms with van der Waals surface area (Å²) in [7, 11) is 6.81. The maximum atomic E-state index is 11.6. The molecule has 0 aliphatic carbocycles. The molecule has 1 unspecified atom stereocenters. The van der Waals surface area contributed by atoms with Crippen LogP contribution in [0.2, 0.25) is 0 Å². The molecule has 3 rings (SSSR count). The number of hydrogen-bond donors (Lipinski definition) is 1. The van der Waals surface area contributed by atoms with E-state index in [4.69, 9.17) is 9.47 Å². The Morgan fingerprint density at radius 2 is 1.88 bits per heavy atom. The number of benzene rings is 1. The normalized spacial score (nSPS) is 15.5. The number of thiophene rings is 1. The highest BCUT2D eigenvalue weighted by Crippen LogP contribution is 2.35. The zero-order valence-corrected chi connectivity index (χ0v) is 20.9. The van der Waals surface area contributed by atoms with E-state index in [0.29, 0.717) is 17.1 Å². The van der Waals surface area contributed by atoms with E-state index in [-0.39, 0.29) is 18.3 Å². The van der Waals surface area contributed by atoms with Gasteiger partial charge in [0.05, 0.1) is 30.9 Å². The van der Waals surface area contributed by atoms with Crippen molar-refractivity contribution in [2.45, 2.75) is 18.9 Å². The lowest BCUT2D eigenvalue weighted by molar-refractivity contribution is -0.144. The number of anilines is 1. The van der Waals surface area contributed by atoms with Crippen LogP contribution < -0.4 is 14.4 Å². The van der Waals surface area contributed by atoms with Crippen LogP contribution in [0.1, 0.15) is 23.3 Å². The molecule has 1 N–H and O–H groups in total. The lowest BCUT2D eigenvalue weighted by atomic mass is 9.89. The van der Waals surface area contributed by atoms with Crippen molar-refractivity contribution in [2.75, 3.05) is 46.3 Å². The molecule has 2 heterocycles. The van der Waals surface area contributed by atoms with Crippen LogP contribution in [-0.4, -0.2) is 63.4 Å². The average molecular weight is 492 g/mol. The highest BCUT2D eigenvalue weighted by molar-refractivity contribution is 7.17. The molecular formula is C24H30ClN3O4S. The Kier molecular flexibility index (Phi) is 9.59. The number of methoxy groups -OCH3 is 2. The van der Waals surface area contributed by atoms with Crippen molar-refractivity contribution in [3.63, 3.8) is 0 Å². The molecule has 0 saturated carbocycles. The second kappa shape index (κ2) is 11.9. The van der Waals surface area contributed by atoms with Gasteiger partial charge in [-0.05, 0) is 74.8 Å². The zero-order valence-electron chi connectivity index (χ0n) is 19.3. The summed E-state index contributed by atoms with van der Waals surface area (Å²) in [4.78, 5) is 16.7. The summed E-state index contributed by atoms with van der Waals surface area (Å²) in [6.07, 6.45) is 3.56. The van der Waals surface area contributed by atoms with Crippen LogP contribution in [0.5, 0.6) is 11.5 Å².